The maximum absolute atomic E-state index is 5.24. The predicted molar refractivity (Wildman–Crippen MR) is 54.0 cm³/mol. The molecule has 0 heterocycles. The molecule has 0 aromatic rings. The molecule has 0 amide bonds. The summed E-state index contributed by atoms with van der Waals surface area (Å²) in [6.07, 6.45) is 4.02. The van der Waals surface area contributed by atoms with Gasteiger partial charge in [-0.15, -0.1) is 0 Å². The van der Waals surface area contributed by atoms with E-state index in [-0.39, 0.29) is 0 Å². The van der Waals surface area contributed by atoms with E-state index in [0.29, 0.717) is 26.4 Å². The van der Waals surface area contributed by atoms with Crippen LogP contribution in [-0.4, -0.2) is 40.1 Å². The molecule has 0 rings (SSSR count). The van der Waals surface area contributed by atoms with Crippen LogP contribution in [0.25, 0.3) is 0 Å². The second-order valence-electron chi connectivity index (χ2n) is 2.60. The van der Waals surface area contributed by atoms with Gasteiger partial charge in [-0.25, -0.2) is 0 Å². The van der Waals surface area contributed by atoms with Crippen molar-refractivity contribution in [3.63, 3.8) is 0 Å². The standard InChI is InChI=1S/C10H20O4/c1-3-4-12-7-8-14-10-9-13-6-5-11-2/h5-6H,3-4,7-10H2,1-2H3. The Kier molecular flexibility index (Phi) is 11.6. The second-order valence-corrected chi connectivity index (χ2v) is 2.60. The molecule has 0 saturated carbocycles. The summed E-state index contributed by atoms with van der Waals surface area (Å²) in [6, 6.07) is 0. The molecule has 4 nitrogen and oxygen atoms in total. The van der Waals surface area contributed by atoms with Crippen molar-refractivity contribution < 1.29 is 18.9 Å². The van der Waals surface area contributed by atoms with E-state index in [2.05, 4.69) is 11.7 Å². The maximum Gasteiger partial charge on any atom is 0.117 e. The van der Waals surface area contributed by atoms with Crippen molar-refractivity contribution in [3.05, 3.63) is 12.5 Å². The molecular weight excluding hydrogens is 184 g/mol. The highest BCUT2D eigenvalue weighted by atomic mass is 16.5. The first-order chi connectivity index (χ1) is 6.91. The summed E-state index contributed by atoms with van der Waals surface area (Å²) in [5.41, 5.74) is 0. The predicted octanol–water partition coefficient (Wildman–Crippen LogP) is 1.56. The first-order valence-corrected chi connectivity index (χ1v) is 4.86. The summed E-state index contributed by atoms with van der Waals surface area (Å²) in [6.45, 7) is 5.27. The van der Waals surface area contributed by atoms with Crippen LogP contribution in [-0.2, 0) is 18.9 Å². The van der Waals surface area contributed by atoms with Crippen molar-refractivity contribution in [2.75, 3.05) is 40.1 Å². The fraction of sp³-hybridized carbons (Fsp3) is 0.800. The second kappa shape index (κ2) is 12.3. The van der Waals surface area contributed by atoms with Crippen molar-refractivity contribution >= 4 is 0 Å². The minimum atomic E-state index is 0.535. The Morgan fingerprint density at radius 1 is 0.857 bits per heavy atom. The molecule has 0 aliphatic carbocycles. The van der Waals surface area contributed by atoms with Crippen LogP contribution in [0.5, 0.6) is 0 Å². The Balaban J connectivity index is 2.88. The first kappa shape index (κ1) is 13.3. The van der Waals surface area contributed by atoms with Crippen LogP contribution in [0.3, 0.4) is 0 Å². The molecule has 0 unspecified atom stereocenters. The molecule has 0 aliphatic rings. The molecule has 0 aromatic heterocycles. The van der Waals surface area contributed by atoms with Crippen LogP contribution in [0, 0.1) is 0 Å². The highest BCUT2D eigenvalue weighted by molar-refractivity contribution is 4.58. The minimum absolute atomic E-state index is 0.535. The summed E-state index contributed by atoms with van der Waals surface area (Å²) in [5.74, 6) is 0. The monoisotopic (exact) mass is 204 g/mol. The lowest BCUT2D eigenvalue weighted by molar-refractivity contribution is 0.0302. The van der Waals surface area contributed by atoms with Crippen LogP contribution in [0.1, 0.15) is 13.3 Å². The molecule has 14 heavy (non-hydrogen) atoms. The molecule has 0 spiro atoms. The maximum atomic E-state index is 5.24. The van der Waals surface area contributed by atoms with E-state index >= 15 is 0 Å². The van der Waals surface area contributed by atoms with Gasteiger partial charge in [0.1, 0.15) is 19.1 Å². The summed E-state index contributed by atoms with van der Waals surface area (Å²) < 4.78 is 20.1. The van der Waals surface area contributed by atoms with Gasteiger partial charge in [-0.1, -0.05) is 6.92 Å². The average Bonchev–Trinajstić information content (AvgIpc) is 2.21. The van der Waals surface area contributed by atoms with E-state index in [0.717, 1.165) is 13.0 Å². The van der Waals surface area contributed by atoms with Crippen molar-refractivity contribution in [2.45, 2.75) is 13.3 Å². The van der Waals surface area contributed by atoms with Gasteiger partial charge in [-0.3, -0.25) is 0 Å². The average molecular weight is 204 g/mol. The summed E-state index contributed by atoms with van der Waals surface area (Å²) in [5, 5.41) is 0. The summed E-state index contributed by atoms with van der Waals surface area (Å²) in [7, 11) is 1.57. The van der Waals surface area contributed by atoms with E-state index in [1.165, 1.54) is 12.5 Å². The lowest BCUT2D eigenvalue weighted by Gasteiger charge is -2.04. The zero-order valence-corrected chi connectivity index (χ0v) is 9.03. The number of rotatable bonds is 10. The van der Waals surface area contributed by atoms with Crippen LogP contribution in [0.15, 0.2) is 12.5 Å². The SMILES string of the molecule is CCCOCCOCCOC=COC. The van der Waals surface area contributed by atoms with E-state index in [9.17, 15) is 0 Å². The highest BCUT2D eigenvalue weighted by Crippen LogP contribution is 1.83. The van der Waals surface area contributed by atoms with Gasteiger partial charge in [0.2, 0.25) is 0 Å². The summed E-state index contributed by atoms with van der Waals surface area (Å²) in [4.78, 5) is 0. The molecule has 0 atom stereocenters. The normalized spacial score (nSPS) is 10.7. The number of ether oxygens (including phenoxy) is 4. The van der Waals surface area contributed by atoms with Gasteiger partial charge in [-0.2, -0.15) is 0 Å². The Hall–Kier alpha value is -0.740. The first-order valence-electron chi connectivity index (χ1n) is 4.86. The van der Waals surface area contributed by atoms with Gasteiger partial charge in [0.15, 0.2) is 0 Å². The van der Waals surface area contributed by atoms with E-state index in [4.69, 9.17) is 14.2 Å². The highest BCUT2D eigenvalue weighted by Gasteiger charge is 1.88. The smallest absolute Gasteiger partial charge is 0.117 e. The molecule has 0 aliphatic heterocycles. The Morgan fingerprint density at radius 3 is 2.14 bits per heavy atom. The lowest BCUT2D eigenvalue weighted by Crippen LogP contribution is -2.08. The molecule has 84 valence electrons. The largest absolute Gasteiger partial charge is 0.501 e. The quantitative estimate of drug-likeness (QED) is 0.400. The third kappa shape index (κ3) is 11.3. The molecule has 0 fully saturated rings. The van der Waals surface area contributed by atoms with Crippen molar-refractivity contribution in [1.29, 1.82) is 0 Å². The number of hydrogen-bond acceptors (Lipinski definition) is 4. The Bertz CT molecular complexity index is 125. The van der Waals surface area contributed by atoms with Gasteiger partial charge in [0.05, 0.1) is 26.9 Å². The van der Waals surface area contributed by atoms with Crippen molar-refractivity contribution in [2.24, 2.45) is 0 Å². The molecule has 0 bridgehead atoms. The van der Waals surface area contributed by atoms with Gasteiger partial charge in [-0.05, 0) is 6.42 Å². The molecule has 0 radical (unpaired) electrons. The van der Waals surface area contributed by atoms with Gasteiger partial charge in [0, 0.05) is 6.61 Å². The van der Waals surface area contributed by atoms with Crippen LogP contribution < -0.4 is 0 Å². The van der Waals surface area contributed by atoms with Crippen molar-refractivity contribution in [3.8, 4) is 0 Å². The zero-order valence-electron chi connectivity index (χ0n) is 9.03. The van der Waals surface area contributed by atoms with Gasteiger partial charge in [0.25, 0.3) is 0 Å². The molecule has 0 saturated heterocycles. The minimum Gasteiger partial charge on any atom is -0.501 e. The molecule has 4 heteroatoms. The summed E-state index contributed by atoms with van der Waals surface area (Å²) >= 11 is 0. The van der Waals surface area contributed by atoms with Crippen LogP contribution >= 0.6 is 0 Å². The number of hydrogen-bond donors (Lipinski definition) is 0. The van der Waals surface area contributed by atoms with Crippen LogP contribution in [0.4, 0.5) is 0 Å². The number of methoxy groups -OCH3 is 1. The van der Waals surface area contributed by atoms with Crippen molar-refractivity contribution in [1.82, 2.24) is 0 Å². The molecular formula is C10H20O4. The third-order valence-electron chi connectivity index (χ3n) is 1.35. The van der Waals surface area contributed by atoms with E-state index in [1.807, 2.05) is 0 Å². The third-order valence-corrected chi connectivity index (χ3v) is 1.35. The van der Waals surface area contributed by atoms with Crippen LogP contribution in [0.2, 0.25) is 0 Å². The van der Waals surface area contributed by atoms with Gasteiger partial charge >= 0.3 is 0 Å². The molecule has 0 aromatic carbocycles. The van der Waals surface area contributed by atoms with E-state index < -0.39 is 0 Å². The topological polar surface area (TPSA) is 36.9 Å². The fourth-order valence-corrected chi connectivity index (χ4v) is 0.736. The Morgan fingerprint density at radius 2 is 1.50 bits per heavy atom. The van der Waals surface area contributed by atoms with Gasteiger partial charge < -0.3 is 18.9 Å². The molecule has 0 N–H and O–H groups in total. The fourth-order valence-electron chi connectivity index (χ4n) is 0.736. The Labute approximate surface area is 85.8 Å². The zero-order chi connectivity index (χ0) is 10.5. The lowest BCUT2D eigenvalue weighted by atomic mass is 10.5. The van der Waals surface area contributed by atoms with E-state index in [1.54, 1.807) is 7.11 Å².